The quantitative estimate of drug-likeness (QED) is 0.628. The average Bonchev–Trinajstić information content (AvgIpc) is 2.34. The maximum Gasteiger partial charge on any atom is 0.457 e. The number of fused-ring (bicyclic) bond motifs is 1. The van der Waals surface area contributed by atoms with E-state index in [0.29, 0.717) is 16.7 Å². The van der Waals surface area contributed by atoms with Crippen molar-refractivity contribution in [2.45, 2.75) is 6.18 Å². The molecule has 0 aliphatic carbocycles. The zero-order valence-corrected chi connectivity index (χ0v) is 10.1. The van der Waals surface area contributed by atoms with E-state index >= 15 is 0 Å². The van der Waals surface area contributed by atoms with Crippen LogP contribution in [0.3, 0.4) is 0 Å². The molecule has 0 aromatic carbocycles. The minimum Gasteiger partial charge on any atom is -0.479 e. The van der Waals surface area contributed by atoms with Crippen molar-refractivity contribution in [3.63, 3.8) is 0 Å². The minimum atomic E-state index is -4.51. The standard InChI is InChI=1S/C12H6ClF3N2O/c13-11-10-8(2-4-17-11)6-9(7-18-10)19-5-1-3-12(14,15)16/h2,4,6-7H,5H2. The number of halogens is 4. The van der Waals surface area contributed by atoms with Crippen molar-refractivity contribution in [3.05, 3.63) is 29.7 Å². The Morgan fingerprint density at radius 1 is 1.32 bits per heavy atom. The molecule has 2 heterocycles. The van der Waals surface area contributed by atoms with Gasteiger partial charge in [-0.05, 0) is 12.1 Å². The third kappa shape index (κ3) is 3.73. The normalized spacial score (nSPS) is 10.9. The average molecular weight is 287 g/mol. The van der Waals surface area contributed by atoms with Crippen LogP contribution in [0.4, 0.5) is 13.2 Å². The molecule has 2 rings (SSSR count). The highest BCUT2D eigenvalue weighted by Crippen LogP contribution is 2.22. The lowest BCUT2D eigenvalue weighted by molar-refractivity contribution is -0.0698. The predicted molar refractivity (Wildman–Crippen MR) is 63.9 cm³/mol. The zero-order valence-electron chi connectivity index (χ0n) is 9.33. The van der Waals surface area contributed by atoms with Crippen LogP contribution in [-0.2, 0) is 0 Å². The van der Waals surface area contributed by atoms with Crippen LogP contribution in [0.25, 0.3) is 10.9 Å². The first-order chi connectivity index (χ1) is 8.96. The van der Waals surface area contributed by atoms with E-state index in [2.05, 4.69) is 9.97 Å². The topological polar surface area (TPSA) is 35.0 Å². The molecule has 0 N–H and O–H groups in total. The van der Waals surface area contributed by atoms with E-state index in [1.54, 1.807) is 12.1 Å². The van der Waals surface area contributed by atoms with Gasteiger partial charge in [-0.3, -0.25) is 0 Å². The molecule has 0 unspecified atom stereocenters. The molecule has 98 valence electrons. The highest BCUT2D eigenvalue weighted by atomic mass is 35.5. The molecular formula is C12H6ClF3N2O. The highest BCUT2D eigenvalue weighted by molar-refractivity contribution is 6.33. The molecule has 0 aliphatic rings. The van der Waals surface area contributed by atoms with Gasteiger partial charge >= 0.3 is 6.18 Å². The Kier molecular flexibility index (Phi) is 3.76. The third-order valence-corrected chi connectivity index (χ3v) is 2.35. The van der Waals surface area contributed by atoms with E-state index < -0.39 is 6.18 Å². The summed E-state index contributed by atoms with van der Waals surface area (Å²) in [4.78, 5) is 7.87. The summed E-state index contributed by atoms with van der Waals surface area (Å²) >= 11 is 5.82. The second-order valence-electron chi connectivity index (χ2n) is 3.43. The molecule has 0 amide bonds. The lowest BCUT2D eigenvalue weighted by Crippen LogP contribution is -2.03. The molecule has 2 aromatic rings. The summed E-state index contributed by atoms with van der Waals surface area (Å²) in [5.41, 5.74) is 0.498. The smallest absolute Gasteiger partial charge is 0.457 e. The summed E-state index contributed by atoms with van der Waals surface area (Å²) < 4.78 is 40.4. The Balaban J connectivity index is 2.12. The molecule has 0 spiro atoms. The third-order valence-electron chi connectivity index (χ3n) is 2.07. The van der Waals surface area contributed by atoms with Gasteiger partial charge in [-0.2, -0.15) is 13.2 Å². The van der Waals surface area contributed by atoms with Crippen LogP contribution < -0.4 is 4.74 Å². The molecule has 7 heteroatoms. The van der Waals surface area contributed by atoms with Crippen LogP contribution in [0.2, 0.25) is 5.15 Å². The second-order valence-corrected chi connectivity index (χ2v) is 3.79. The lowest BCUT2D eigenvalue weighted by atomic mass is 10.2. The van der Waals surface area contributed by atoms with Crippen molar-refractivity contribution < 1.29 is 17.9 Å². The lowest BCUT2D eigenvalue weighted by Gasteiger charge is -2.03. The maximum absolute atomic E-state index is 11.8. The first kappa shape index (κ1) is 13.4. The molecule has 19 heavy (non-hydrogen) atoms. The van der Waals surface area contributed by atoms with E-state index in [-0.39, 0.29) is 11.8 Å². The highest BCUT2D eigenvalue weighted by Gasteiger charge is 2.22. The van der Waals surface area contributed by atoms with Crippen LogP contribution >= 0.6 is 11.6 Å². The van der Waals surface area contributed by atoms with E-state index in [1.165, 1.54) is 12.4 Å². The monoisotopic (exact) mass is 286 g/mol. The van der Waals surface area contributed by atoms with Gasteiger partial charge in [0, 0.05) is 17.5 Å². The molecule has 2 aromatic heterocycles. The Morgan fingerprint density at radius 2 is 2.11 bits per heavy atom. The van der Waals surface area contributed by atoms with Gasteiger partial charge in [-0.25, -0.2) is 9.97 Å². The fourth-order valence-corrected chi connectivity index (χ4v) is 1.55. The van der Waals surface area contributed by atoms with Gasteiger partial charge in [0.2, 0.25) is 0 Å². The molecule has 0 saturated heterocycles. The summed E-state index contributed by atoms with van der Waals surface area (Å²) in [5.74, 6) is 3.29. The number of aromatic nitrogens is 2. The van der Waals surface area contributed by atoms with Gasteiger partial charge in [0.25, 0.3) is 0 Å². The Bertz CT molecular complexity index is 661. The number of nitrogens with zero attached hydrogens (tertiary/aromatic N) is 2. The predicted octanol–water partition coefficient (Wildman–Crippen LogP) is 3.23. The number of rotatable bonds is 2. The number of hydrogen-bond acceptors (Lipinski definition) is 3. The van der Waals surface area contributed by atoms with E-state index in [4.69, 9.17) is 16.3 Å². The molecule has 0 radical (unpaired) electrons. The van der Waals surface area contributed by atoms with Gasteiger partial charge < -0.3 is 4.74 Å². The number of pyridine rings is 2. The first-order valence-corrected chi connectivity index (χ1v) is 5.43. The van der Waals surface area contributed by atoms with Crippen LogP contribution in [0, 0.1) is 11.8 Å². The van der Waals surface area contributed by atoms with Crippen LogP contribution in [0.15, 0.2) is 24.5 Å². The van der Waals surface area contributed by atoms with Crippen LogP contribution in [0.1, 0.15) is 0 Å². The van der Waals surface area contributed by atoms with Gasteiger partial charge in [-0.15, -0.1) is 0 Å². The van der Waals surface area contributed by atoms with E-state index in [9.17, 15) is 13.2 Å². The van der Waals surface area contributed by atoms with Crippen LogP contribution in [-0.4, -0.2) is 22.8 Å². The number of alkyl halides is 3. The van der Waals surface area contributed by atoms with Crippen molar-refractivity contribution >= 4 is 22.5 Å². The molecule has 0 bridgehead atoms. The summed E-state index contributed by atoms with van der Waals surface area (Å²) in [6.07, 6.45) is -1.66. The Hall–Kier alpha value is -2.00. The number of hydrogen-bond donors (Lipinski definition) is 0. The second kappa shape index (κ2) is 5.33. The van der Waals surface area contributed by atoms with Crippen molar-refractivity contribution in [3.8, 4) is 17.6 Å². The van der Waals surface area contributed by atoms with E-state index in [1.807, 2.05) is 5.92 Å². The van der Waals surface area contributed by atoms with Gasteiger partial charge in [0.05, 0.1) is 6.20 Å². The molecule has 0 fully saturated rings. The fourth-order valence-electron chi connectivity index (χ4n) is 1.34. The number of ether oxygens (including phenoxy) is 1. The van der Waals surface area contributed by atoms with Crippen LogP contribution in [0.5, 0.6) is 5.75 Å². The largest absolute Gasteiger partial charge is 0.479 e. The molecule has 0 atom stereocenters. The Morgan fingerprint density at radius 3 is 2.84 bits per heavy atom. The van der Waals surface area contributed by atoms with Gasteiger partial charge in [0.1, 0.15) is 17.9 Å². The molecular weight excluding hydrogens is 281 g/mol. The van der Waals surface area contributed by atoms with Crippen molar-refractivity contribution in [2.24, 2.45) is 0 Å². The fraction of sp³-hybridized carbons (Fsp3) is 0.167. The molecule has 3 nitrogen and oxygen atoms in total. The SMILES string of the molecule is FC(F)(F)C#CCOc1cnc2c(Cl)nccc2c1. The van der Waals surface area contributed by atoms with Gasteiger partial charge in [0.15, 0.2) is 5.15 Å². The zero-order chi connectivity index (χ0) is 13.9. The van der Waals surface area contributed by atoms with Crippen molar-refractivity contribution in [1.29, 1.82) is 0 Å². The summed E-state index contributed by atoms with van der Waals surface area (Å²) in [5, 5.41) is 0.933. The van der Waals surface area contributed by atoms with Crippen molar-refractivity contribution in [1.82, 2.24) is 9.97 Å². The van der Waals surface area contributed by atoms with Crippen molar-refractivity contribution in [2.75, 3.05) is 6.61 Å². The summed E-state index contributed by atoms with van der Waals surface area (Å²) in [6, 6.07) is 3.27. The Labute approximate surface area is 111 Å². The minimum absolute atomic E-state index is 0.251. The van der Waals surface area contributed by atoms with E-state index in [0.717, 1.165) is 5.92 Å². The summed E-state index contributed by atoms with van der Waals surface area (Å²) in [6.45, 7) is -0.370. The molecule has 0 aliphatic heterocycles. The maximum atomic E-state index is 11.8. The molecule has 0 saturated carbocycles. The summed E-state index contributed by atoms with van der Waals surface area (Å²) in [7, 11) is 0. The first-order valence-electron chi connectivity index (χ1n) is 5.05. The van der Waals surface area contributed by atoms with Gasteiger partial charge in [-0.1, -0.05) is 17.5 Å².